The van der Waals surface area contributed by atoms with Gasteiger partial charge in [0.2, 0.25) is 15.9 Å². The monoisotopic (exact) mass is 411 g/mol. The van der Waals surface area contributed by atoms with Gasteiger partial charge in [0, 0.05) is 23.5 Å². The highest BCUT2D eigenvalue weighted by atomic mass is 32.2. The summed E-state index contributed by atoms with van der Waals surface area (Å²) < 4.78 is 29.2. The first-order chi connectivity index (χ1) is 13.9. The smallest absolute Gasteiger partial charge is 0.255 e. The fourth-order valence-corrected chi connectivity index (χ4v) is 3.62. The molecule has 0 spiro atoms. The summed E-state index contributed by atoms with van der Waals surface area (Å²) in [5.41, 5.74) is 2.24. The first-order valence-electron chi connectivity index (χ1n) is 8.96. The van der Waals surface area contributed by atoms with Gasteiger partial charge in [-0.3, -0.25) is 4.79 Å². The summed E-state index contributed by atoms with van der Waals surface area (Å²) in [6.45, 7) is 2.16. The molecule has 0 bridgehead atoms. The van der Waals surface area contributed by atoms with E-state index in [1.165, 1.54) is 18.3 Å². The van der Waals surface area contributed by atoms with Crippen molar-refractivity contribution in [2.75, 3.05) is 5.32 Å². The van der Waals surface area contributed by atoms with E-state index in [9.17, 15) is 13.2 Å². The van der Waals surface area contributed by atoms with Crippen LogP contribution < -0.4 is 15.2 Å². The first kappa shape index (κ1) is 20.5. The van der Waals surface area contributed by atoms with Crippen LogP contribution in [0, 0.1) is 0 Å². The number of anilines is 1. The Hall–Kier alpha value is -3.23. The molecule has 1 aromatic heterocycles. The van der Waals surface area contributed by atoms with Gasteiger partial charge < -0.3 is 10.1 Å². The minimum atomic E-state index is -3.89. The van der Waals surface area contributed by atoms with Gasteiger partial charge in [0.15, 0.2) is 0 Å². The van der Waals surface area contributed by atoms with E-state index in [2.05, 4.69) is 10.3 Å². The van der Waals surface area contributed by atoms with Crippen LogP contribution in [-0.2, 0) is 23.1 Å². The van der Waals surface area contributed by atoms with Crippen molar-refractivity contribution < 1.29 is 17.9 Å². The zero-order valence-corrected chi connectivity index (χ0v) is 16.6. The molecule has 0 aliphatic carbocycles. The minimum absolute atomic E-state index is 0.000545. The predicted octanol–water partition coefficient (Wildman–Crippen LogP) is 3.12. The zero-order chi connectivity index (χ0) is 20.9. The molecular formula is C21H21N3O4S. The summed E-state index contributed by atoms with van der Waals surface area (Å²) in [4.78, 5) is 16.7. The van der Waals surface area contributed by atoms with Crippen molar-refractivity contribution in [1.29, 1.82) is 0 Å². The molecule has 1 heterocycles. The van der Waals surface area contributed by atoms with Crippen molar-refractivity contribution in [2.24, 2.45) is 5.14 Å². The summed E-state index contributed by atoms with van der Waals surface area (Å²) >= 11 is 0. The van der Waals surface area contributed by atoms with E-state index in [1.807, 2.05) is 37.3 Å². The Labute approximate surface area is 169 Å². The van der Waals surface area contributed by atoms with E-state index in [-0.39, 0.29) is 4.90 Å². The molecular weight excluding hydrogens is 390 g/mol. The molecule has 0 aliphatic rings. The highest BCUT2D eigenvalue weighted by Crippen LogP contribution is 2.21. The van der Waals surface area contributed by atoms with E-state index < -0.39 is 15.9 Å². The molecule has 2 aromatic carbocycles. The second-order valence-electron chi connectivity index (χ2n) is 6.33. The van der Waals surface area contributed by atoms with E-state index in [1.54, 1.807) is 18.2 Å². The third-order valence-corrected chi connectivity index (χ3v) is 5.23. The molecule has 0 saturated heterocycles. The number of hydrogen-bond acceptors (Lipinski definition) is 5. The molecule has 1 amide bonds. The number of nitrogens with zero attached hydrogens (tertiary/aromatic N) is 1. The predicted molar refractivity (Wildman–Crippen MR) is 110 cm³/mol. The second kappa shape index (κ2) is 8.85. The summed E-state index contributed by atoms with van der Waals surface area (Å²) in [6.07, 6.45) is 1.98. The first-order valence-corrected chi connectivity index (χ1v) is 10.5. The molecule has 150 valence electrons. The molecule has 0 atom stereocenters. The number of hydrogen-bond donors (Lipinski definition) is 2. The molecule has 29 heavy (non-hydrogen) atoms. The summed E-state index contributed by atoms with van der Waals surface area (Å²) in [7, 11) is -3.89. The van der Waals surface area contributed by atoms with E-state index in [4.69, 9.17) is 9.88 Å². The number of aromatic nitrogens is 1. The second-order valence-corrected chi connectivity index (χ2v) is 7.86. The van der Waals surface area contributed by atoms with Gasteiger partial charge in [0.05, 0.1) is 4.90 Å². The Bertz CT molecular complexity index is 1120. The number of aryl methyl sites for hydroxylation is 1. The van der Waals surface area contributed by atoms with Crippen LogP contribution in [-0.4, -0.2) is 19.3 Å². The van der Waals surface area contributed by atoms with Gasteiger partial charge in [-0.2, -0.15) is 0 Å². The van der Waals surface area contributed by atoms with Crippen LogP contribution in [0.3, 0.4) is 0 Å². The van der Waals surface area contributed by atoms with Crippen molar-refractivity contribution in [2.45, 2.75) is 24.8 Å². The summed E-state index contributed by atoms with van der Waals surface area (Å²) in [6, 6.07) is 17.3. The number of amides is 1. The van der Waals surface area contributed by atoms with E-state index >= 15 is 0 Å². The summed E-state index contributed by atoms with van der Waals surface area (Å²) in [5.74, 6) is -0.102. The van der Waals surface area contributed by atoms with Gasteiger partial charge in [-0.1, -0.05) is 43.3 Å². The van der Waals surface area contributed by atoms with Crippen molar-refractivity contribution in [3.8, 4) is 5.88 Å². The largest absolute Gasteiger partial charge is 0.473 e. The maximum Gasteiger partial charge on any atom is 0.255 e. The van der Waals surface area contributed by atoms with Crippen molar-refractivity contribution in [3.05, 3.63) is 83.6 Å². The Morgan fingerprint density at radius 2 is 1.86 bits per heavy atom. The van der Waals surface area contributed by atoms with Crippen molar-refractivity contribution in [3.63, 3.8) is 0 Å². The molecule has 7 nitrogen and oxygen atoms in total. The third-order valence-electron chi connectivity index (χ3n) is 4.24. The van der Waals surface area contributed by atoms with Crippen LogP contribution in [0.2, 0.25) is 0 Å². The average molecular weight is 411 g/mol. The van der Waals surface area contributed by atoms with Crippen LogP contribution >= 0.6 is 0 Å². The molecule has 3 N–H and O–H groups in total. The van der Waals surface area contributed by atoms with Gasteiger partial charge in [0.1, 0.15) is 6.61 Å². The highest BCUT2D eigenvalue weighted by Gasteiger charge is 2.15. The molecule has 0 fully saturated rings. The third kappa shape index (κ3) is 5.40. The molecule has 0 radical (unpaired) electrons. The van der Waals surface area contributed by atoms with Crippen LogP contribution in [0.25, 0.3) is 0 Å². The highest BCUT2D eigenvalue weighted by molar-refractivity contribution is 7.89. The number of ether oxygens (including phenoxy) is 1. The van der Waals surface area contributed by atoms with Gasteiger partial charge in [-0.15, -0.1) is 0 Å². The fourth-order valence-electron chi connectivity index (χ4n) is 2.75. The maximum absolute atomic E-state index is 12.6. The van der Waals surface area contributed by atoms with Crippen LogP contribution in [0.15, 0.2) is 71.8 Å². The number of nitrogens with two attached hydrogens (primary N) is 1. The zero-order valence-electron chi connectivity index (χ0n) is 15.8. The normalized spacial score (nSPS) is 11.1. The van der Waals surface area contributed by atoms with E-state index in [0.717, 1.165) is 5.56 Å². The quantitative estimate of drug-likeness (QED) is 0.620. The fraction of sp³-hybridized carbons (Fsp3) is 0.143. The van der Waals surface area contributed by atoms with Gasteiger partial charge >= 0.3 is 0 Å². The Morgan fingerprint density at radius 1 is 1.10 bits per heavy atom. The lowest BCUT2D eigenvalue weighted by Gasteiger charge is -2.11. The Balaban J connectivity index is 1.74. The van der Waals surface area contributed by atoms with Gasteiger partial charge in [-0.25, -0.2) is 18.5 Å². The Kier molecular flexibility index (Phi) is 6.26. The lowest BCUT2D eigenvalue weighted by atomic mass is 10.1. The molecule has 0 unspecified atom stereocenters. The number of nitrogens with one attached hydrogen (secondary N) is 1. The lowest BCUT2D eigenvalue weighted by Crippen LogP contribution is -2.16. The molecule has 8 heteroatoms. The maximum atomic E-state index is 12.6. The number of benzene rings is 2. The van der Waals surface area contributed by atoms with Crippen LogP contribution in [0.5, 0.6) is 5.88 Å². The van der Waals surface area contributed by atoms with Crippen molar-refractivity contribution >= 4 is 21.6 Å². The topological polar surface area (TPSA) is 111 Å². The number of primary sulfonamides is 1. The molecule has 3 aromatic rings. The Morgan fingerprint density at radius 3 is 2.55 bits per heavy atom. The molecule has 0 aliphatic heterocycles. The van der Waals surface area contributed by atoms with E-state index in [0.29, 0.717) is 35.7 Å². The van der Waals surface area contributed by atoms with Crippen molar-refractivity contribution in [1.82, 2.24) is 4.98 Å². The molecule has 0 saturated carbocycles. The molecule has 3 rings (SSSR count). The lowest BCUT2D eigenvalue weighted by molar-refractivity contribution is 0.102. The standard InChI is InChI=1S/C21H21N3O4S/c1-2-16-8-9-18(13-19(16)29(22,26)27)24-21(25)17-10-11-23-20(12-17)28-14-15-6-4-3-5-7-15/h3-13H,2,14H2,1H3,(H,24,25)(H2,22,26,27). The average Bonchev–Trinajstić information content (AvgIpc) is 2.72. The summed E-state index contributed by atoms with van der Waals surface area (Å²) in [5, 5.41) is 7.96. The van der Waals surface area contributed by atoms with Crippen LogP contribution in [0.4, 0.5) is 5.69 Å². The minimum Gasteiger partial charge on any atom is -0.473 e. The number of carbonyl (C=O) groups excluding carboxylic acids is 1. The number of rotatable bonds is 7. The SMILES string of the molecule is CCc1ccc(NC(=O)c2ccnc(OCc3ccccc3)c2)cc1S(N)(=O)=O. The van der Waals surface area contributed by atoms with Gasteiger partial charge in [-0.05, 0) is 35.7 Å². The number of carbonyl (C=O) groups is 1. The number of sulfonamides is 1. The van der Waals surface area contributed by atoms with Crippen LogP contribution in [0.1, 0.15) is 28.4 Å². The number of pyridine rings is 1. The van der Waals surface area contributed by atoms with Gasteiger partial charge in [0.25, 0.3) is 5.91 Å².